The van der Waals surface area contributed by atoms with E-state index in [-0.39, 0.29) is 17.2 Å². The number of hydrogen-bond acceptors (Lipinski definition) is 4. The van der Waals surface area contributed by atoms with Crippen molar-refractivity contribution in [1.29, 1.82) is 0 Å². The fourth-order valence-corrected chi connectivity index (χ4v) is 3.85. The number of amides is 1. The van der Waals surface area contributed by atoms with Crippen molar-refractivity contribution in [3.05, 3.63) is 53.9 Å². The van der Waals surface area contributed by atoms with Gasteiger partial charge in [-0.1, -0.05) is 26.0 Å². The van der Waals surface area contributed by atoms with E-state index in [4.69, 9.17) is 5.14 Å². The van der Waals surface area contributed by atoms with Crippen LogP contribution in [-0.4, -0.2) is 23.9 Å². The van der Waals surface area contributed by atoms with E-state index in [2.05, 4.69) is 24.1 Å². The number of hydrogen-bond donors (Lipinski definition) is 2. The molecule has 3 rings (SSSR count). The van der Waals surface area contributed by atoms with E-state index < -0.39 is 10.0 Å². The molecule has 0 atom stereocenters. The summed E-state index contributed by atoms with van der Waals surface area (Å²) in [4.78, 5) is 17.0. The van der Waals surface area contributed by atoms with Crippen LogP contribution in [0.5, 0.6) is 0 Å². The molecular weight excluding hydrogens is 388 g/mol. The number of aryl methyl sites for hydroxylation is 3. The topological polar surface area (TPSA) is 107 Å². The molecule has 0 aliphatic rings. The van der Waals surface area contributed by atoms with Gasteiger partial charge in [-0.05, 0) is 48.7 Å². The zero-order valence-corrected chi connectivity index (χ0v) is 17.5. The number of nitrogens with two attached hydrogens (primary N) is 1. The van der Waals surface area contributed by atoms with Gasteiger partial charge in [-0.3, -0.25) is 4.79 Å². The maximum Gasteiger partial charge on any atom is 0.238 e. The van der Waals surface area contributed by atoms with Crippen LogP contribution in [0, 0.1) is 0 Å². The number of sulfonamides is 1. The minimum absolute atomic E-state index is 0.0336. The quantitative estimate of drug-likeness (QED) is 0.590. The lowest BCUT2D eigenvalue weighted by Gasteiger charge is -2.09. The van der Waals surface area contributed by atoms with Gasteiger partial charge in [-0.15, -0.1) is 0 Å². The van der Waals surface area contributed by atoms with Crippen LogP contribution in [0.4, 0.5) is 5.69 Å². The number of anilines is 1. The number of nitrogens with zero attached hydrogens (tertiary/aromatic N) is 2. The molecule has 29 heavy (non-hydrogen) atoms. The van der Waals surface area contributed by atoms with Gasteiger partial charge in [0.2, 0.25) is 15.9 Å². The van der Waals surface area contributed by atoms with Crippen molar-refractivity contribution in [2.75, 3.05) is 5.32 Å². The third-order valence-electron chi connectivity index (χ3n) is 4.77. The zero-order chi connectivity index (χ0) is 21.0. The first kappa shape index (κ1) is 21.0. The number of benzene rings is 2. The SMILES string of the molecule is CCCn1c(CCC(=O)Nc2cccc(CC)c2)nc2cc(S(N)(=O)=O)ccc21. The average Bonchev–Trinajstić information content (AvgIpc) is 3.03. The summed E-state index contributed by atoms with van der Waals surface area (Å²) >= 11 is 0. The molecule has 0 saturated heterocycles. The van der Waals surface area contributed by atoms with Crippen molar-refractivity contribution >= 4 is 32.7 Å². The summed E-state index contributed by atoms with van der Waals surface area (Å²) in [6.45, 7) is 4.86. The summed E-state index contributed by atoms with van der Waals surface area (Å²) in [5, 5.41) is 8.16. The first-order valence-electron chi connectivity index (χ1n) is 9.72. The molecule has 0 bridgehead atoms. The number of aromatic nitrogens is 2. The maximum absolute atomic E-state index is 12.4. The monoisotopic (exact) mass is 414 g/mol. The third kappa shape index (κ3) is 5.02. The molecule has 0 fully saturated rings. The number of rotatable bonds is 8. The Morgan fingerprint density at radius 1 is 1.17 bits per heavy atom. The lowest BCUT2D eigenvalue weighted by molar-refractivity contribution is -0.116. The van der Waals surface area contributed by atoms with Gasteiger partial charge in [0, 0.05) is 25.1 Å². The maximum atomic E-state index is 12.4. The highest BCUT2D eigenvalue weighted by molar-refractivity contribution is 7.89. The second-order valence-electron chi connectivity index (χ2n) is 6.98. The van der Waals surface area contributed by atoms with Crippen LogP contribution in [0.15, 0.2) is 47.4 Å². The minimum Gasteiger partial charge on any atom is -0.328 e. The molecule has 3 aromatic rings. The minimum atomic E-state index is -3.79. The normalized spacial score (nSPS) is 11.7. The Hall–Kier alpha value is -2.71. The summed E-state index contributed by atoms with van der Waals surface area (Å²) in [5.41, 5.74) is 3.36. The van der Waals surface area contributed by atoms with Crippen LogP contribution >= 0.6 is 0 Å². The van der Waals surface area contributed by atoms with E-state index in [9.17, 15) is 13.2 Å². The molecule has 1 heterocycles. The molecule has 7 nitrogen and oxygen atoms in total. The van der Waals surface area contributed by atoms with Gasteiger partial charge in [0.25, 0.3) is 0 Å². The predicted octanol–water partition coefficient (Wildman–Crippen LogP) is 3.23. The molecule has 0 aliphatic heterocycles. The molecule has 154 valence electrons. The van der Waals surface area contributed by atoms with Crippen LogP contribution in [0.2, 0.25) is 0 Å². The van der Waals surface area contributed by atoms with Crippen LogP contribution < -0.4 is 10.5 Å². The van der Waals surface area contributed by atoms with Crippen molar-refractivity contribution in [3.63, 3.8) is 0 Å². The number of nitrogens with one attached hydrogen (secondary N) is 1. The van der Waals surface area contributed by atoms with Crippen LogP contribution in [0.1, 0.15) is 38.1 Å². The van der Waals surface area contributed by atoms with Gasteiger partial charge in [0.1, 0.15) is 5.82 Å². The Labute approximate surface area is 171 Å². The molecule has 0 spiro atoms. The molecule has 0 saturated carbocycles. The standard InChI is InChI=1S/C21H26N4O3S/c1-3-12-25-19-9-8-17(29(22,27)28)14-18(19)24-20(25)10-11-21(26)23-16-7-5-6-15(4-2)13-16/h5-9,13-14H,3-4,10-12H2,1-2H3,(H,23,26)(H2,22,27,28). The van der Waals surface area contributed by atoms with E-state index in [1.165, 1.54) is 12.1 Å². The number of primary sulfonamides is 1. The first-order valence-corrected chi connectivity index (χ1v) is 11.3. The highest BCUT2D eigenvalue weighted by atomic mass is 32.2. The van der Waals surface area contributed by atoms with E-state index in [1.54, 1.807) is 6.07 Å². The number of carbonyl (C=O) groups is 1. The predicted molar refractivity (Wildman–Crippen MR) is 114 cm³/mol. The van der Waals surface area contributed by atoms with Crippen LogP contribution in [-0.2, 0) is 34.2 Å². The van der Waals surface area contributed by atoms with E-state index in [1.807, 2.05) is 28.8 Å². The Bertz CT molecular complexity index is 1140. The lowest BCUT2D eigenvalue weighted by Crippen LogP contribution is -2.14. The van der Waals surface area contributed by atoms with Gasteiger partial charge in [0.15, 0.2) is 0 Å². The van der Waals surface area contributed by atoms with E-state index in [0.29, 0.717) is 11.9 Å². The van der Waals surface area contributed by atoms with Gasteiger partial charge < -0.3 is 9.88 Å². The summed E-state index contributed by atoms with van der Waals surface area (Å²) in [6.07, 6.45) is 2.54. The zero-order valence-electron chi connectivity index (χ0n) is 16.7. The highest BCUT2D eigenvalue weighted by Crippen LogP contribution is 2.21. The van der Waals surface area contributed by atoms with Gasteiger partial charge in [-0.2, -0.15) is 0 Å². The lowest BCUT2D eigenvalue weighted by atomic mass is 10.1. The molecule has 3 N–H and O–H groups in total. The van der Waals surface area contributed by atoms with Gasteiger partial charge in [-0.25, -0.2) is 18.5 Å². The number of carbonyl (C=O) groups excluding carboxylic acids is 1. The summed E-state index contributed by atoms with van der Waals surface area (Å²) < 4.78 is 25.3. The van der Waals surface area contributed by atoms with Gasteiger partial charge in [0.05, 0.1) is 15.9 Å². The molecule has 0 unspecified atom stereocenters. The molecule has 8 heteroatoms. The van der Waals surface area contributed by atoms with Crippen molar-refractivity contribution in [3.8, 4) is 0 Å². The van der Waals surface area contributed by atoms with Crippen molar-refractivity contribution in [1.82, 2.24) is 9.55 Å². The first-order chi connectivity index (χ1) is 13.8. The van der Waals surface area contributed by atoms with Crippen LogP contribution in [0.25, 0.3) is 11.0 Å². The molecule has 2 aromatic carbocycles. The van der Waals surface area contributed by atoms with Gasteiger partial charge >= 0.3 is 0 Å². The van der Waals surface area contributed by atoms with E-state index >= 15 is 0 Å². The van der Waals surface area contributed by atoms with Crippen molar-refractivity contribution < 1.29 is 13.2 Å². The fraction of sp³-hybridized carbons (Fsp3) is 0.333. The smallest absolute Gasteiger partial charge is 0.238 e. The highest BCUT2D eigenvalue weighted by Gasteiger charge is 2.15. The Kier molecular flexibility index (Phi) is 6.34. The van der Waals surface area contributed by atoms with Crippen LogP contribution in [0.3, 0.4) is 0 Å². The van der Waals surface area contributed by atoms with E-state index in [0.717, 1.165) is 42.0 Å². The third-order valence-corrected chi connectivity index (χ3v) is 5.68. The molecule has 0 radical (unpaired) electrons. The Balaban J connectivity index is 1.79. The Morgan fingerprint density at radius 2 is 1.97 bits per heavy atom. The summed E-state index contributed by atoms with van der Waals surface area (Å²) in [6, 6.07) is 12.5. The Morgan fingerprint density at radius 3 is 2.66 bits per heavy atom. The number of imidazole rings is 1. The second kappa shape index (κ2) is 8.75. The summed E-state index contributed by atoms with van der Waals surface area (Å²) in [7, 11) is -3.79. The fourth-order valence-electron chi connectivity index (χ4n) is 3.32. The largest absolute Gasteiger partial charge is 0.328 e. The molecular formula is C21H26N4O3S. The van der Waals surface area contributed by atoms with Crippen molar-refractivity contribution in [2.45, 2.75) is 51.0 Å². The number of fused-ring (bicyclic) bond motifs is 1. The molecule has 1 amide bonds. The molecule has 0 aliphatic carbocycles. The second-order valence-corrected chi connectivity index (χ2v) is 8.54. The molecule has 1 aromatic heterocycles. The van der Waals surface area contributed by atoms with Crippen molar-refractivity contribution in [2.24, 2.45) is 5.14 Å². The average molecular weight is 415 g/mol. The summed E-state index contributed by atoms with van der Waals surface area (Å²) in [5.74, 6) is 0.671.